The van der Waals surface area contributed by atoms with E-state index in [1.165, 1.54) is 38.5 Å². The van der Waals surface area contributed by atoms with E-state index in [9.17, 15) is 9.90 Å². The average Bonchev–Trinajstić information content (AvgIpc) is 2.23. The van der Waals surface area contributed by atoms with Gasteiger partial charge >= 0.3 is 5.97 Å². The molecule has 1 N–H and O–H groups in total. The van der Waals surface area contributed by atoms with Crippen molar-refractivity contribution in [3.05, 3.63) is 0 Å². The molecule has 18 heavy (non-hydrogen) atoms. The van der Waals surface area contributed by atoms with Crippen LogP contribution in [0, 0.1) is 35.0 Å². The third kappa shape index (κ3) is 1.98. The van der Waals surface area contributed by atoms with E-state index in [0.717, 1.165) is 17.8 Å². The van der Waals surface area contributed by atoms with Crippen LogP contribution in [0.25, 0.3) is 0 Å². The summed E-state index contributed by atoms with van der Waals surface area (Å²) < 4.78 is 0. The highest BCUT2D eigenvalue weighted by Crippen LogP contribution is 2.64. The van der Waals surface area contributed by atoms with Crippen LogP contribution in [0.1, 0.15) is 58.8 Å². The number of carboxylic acids is 1. The maximum absolute atomic E-state index is 11.2. The van der Waals surface area contributed by atoms with Crippen LogP contribution >= 0.6 is 0 Å². The molecule has 0 aromatic heterocycles. The van der Waals surface area contributed by atoms with Crippen molar-refractivity contribution in [1.29, 1.82) is 0 Å². The molecule has 2 nitrogen and oxygen atoms in total. The van der Waals surface area contributed by atoms with Gasteiger partial charge in [0.15, 0.2) is 0 Å². The van der Waals surface area contributed by atoms with Gasteiger partial charge in [0.1, 0.15) is 0 Å². The van der Waals surface area contributed by atoms with Gasteiger partial charge in [-0.25, -0.2) is 0 Å². The summed E-state index contributed by atoms with van der Waals surface area (Å²) in [6.45, 7) is 4.46. The third-order valence-corrected chi connectivity index (χ3v) is 6.07. The van der Waals surface area contributed by atoms with Crippen molar-refractivity contribution in [3.8, 4) is 0 Å². The maximum atomic E-state index is 11.2. The lowest BCUT2D eigenvalue weighted by Crippen LogP contribution is -2.51. The lowest BCUT2D eigenvalue weighted by Gasteiger charge is -2.60. The number of aliphatic carboxylic acids is 1. The number of carbonyl (C=O) groups is 1. The maximum Gasteiger partial charge on any atom is 0.303 e. The van der Waals surface area contributed by atoms with Gasteiger partial charge < -0.3 is 5.11 Å². The molecule has 0 spiro atoms. The van der Waals surface area contributed by atoms with E-state index in [0.29, 0.717) is 23.7 Å². The molecule has 0 radical (unpaired) electrons. The highest BCUT2D eigenvalue weighted by Gasteiger charge is 2.54. The Balaban J connectivity index is 1.86. The van der Waals surface area contributed by atoms with Gasteiger partial charge in [0.05, 0.1) is 0 Å². The first-order chi connectivity index (χ1) is 8.48. The normalized spacial score (nSPS) is 43.4. The molecule has 0 amide bonds. The average molecular weight is 250 g/mol. The Morgan fingerprint density at radius 2 is 1.56 bits per heavy atom. The first-order valence-corrected chi connectivity index (χ1v) is 7.70. The fraction of sp³-hybridized carbons (Fsp3) is 0.938. The van der Waals surface area contributed by atoms with Gasteiger partial charge in [-0.15, -0.1) is 0 Å². The van der Waals surface area contributed by atoms with E-state index in [2.05, 4.69) is 13.8 Å². The molecular formula is C16H26O2. The molecule has 0 saturated heterocycles. The van der Waals surface area contributed by atoms with Gasteiger partial charge in [0, 0.05) is 6.42 Å². The molecule has 1 unspecified atom stereocenters. The minimum absolute atomic E-state index is 0.390. The Hall–Kier alpha value is -0.530. The number of hydrogen-bond donors (Lipinski definition) is 1. The van der Waals surface area contributed by atoms with E-state index in [-0.39, 0.29) is 0 Å². The minimum Gasteiger partial charge on any atom is -0.481 e. The Bertz CT molecular complexity index is 310. The largest absolute Gasteiger partial charge is 0.481 e. The van der Waals surface area contributed by atoms with Crippen molar-refractivity contribution in [2.45, 2.75) is 58.8 Å². The summed E-state index contributed by atoms with van der Waals surface area (Å²) in [5.74, 6) is 3.09. The summed E-state index contributed by atoms with van der Waals surface area (Å²) in [6.07, 6.45) is 8.70. The van der Waals surface area contributed by atoms with Crippen LogP contribution in [0.4, 0.5) is 0 Å². The summed E-state index contributed by atoms with van der Waals surface area (Å²) in [5.41, 5.74) is 0.390. The summed E-state index contributed by atoms with van der Waals surface area (Å²) in [6, 6.07) is 0. The molecule has 102 valence electrons. The van der Waals surface area contributed by atoms with Crippen molar-refractivity contribution in [2.75, 3.05) is 0 Å². The van der Waals surface area contributed by atoms with Gasteiger partial charge in [-0.1, -0.05) is 13.8 Å². The van der Waals surface area contributed by atoms with Crippen molar-refractivity contribution in [2.24, 2.45) is 35.0 Å². The quantitative estimate of drug-likeness (QED) is 0.820. The predicted octanol–water partition coefficient (Wildman–Crippen LogP) is 3.95. The van der Waals surface area contributed by atoms with Crippen LogP contribution < -0.4 is 0 Å². The fourth-order valence-corrected chi connectivity index (χ4v) is 5.98. The van der Waals surface area contributed by atoms with E-state index in [1.54, 1.807) is 0 Å². The second kappa shape index (κ2) is 4.25. The van der Waals surface area contributed by atoms with Gasteiger partial charge in [0.25, 0.3) is 0 Å². The zero-order valence-electron chi connectivity index (χ0n) is 11.7. The molecule has 2 heteroatoms. The second-order valence-electron chi connectivity index (χ2n) is 7.73. The molecule has 4 bridgehead atoms. The molecule has 4 aliphatic rings. The summed E-state index contributed by atoms with van der Waals surface area (Å²) >= 11 is 0. The smallest absolute Gasteiger partial charge is 0.303 e. The van der Waals surface area contributed by atoms with Crippen LogP contribution in [-0.2, 0) is 4.79 Å². The van der Waals surface area contributed by atoms with E-state index < -0.39 is 5.97 Å². The first kappa shape index (κ1) is 12.5. The van der Waals surface area contributed by atoms with Crippen LogP contribution in [0.5, 0.6) is 0 Å². The molecular weight excluding hydrogens is 224 g/mol. The zero-order valence-corrected chi connectivity index (χ0v) is 11.7. The molecule has 0 aliphatic heterocycles. The summed E-state index contributed by atoms with van der Waals surface area (Å²) in [5, 5.41) is 9.23. The van der Waals surface area contributed by atoms with Gasteiger partial charge in [0.2, 0.25) is 0 Å². The number of carboxylic acid groups (broad SMARTS) is 1. The van der Waals surface area contributed by atoms with Crippen molar-refractivity contribution in [1.82, 2.24) is 0 Å². The molecule has 0 aromatic rings. The van der Waals surface area contributed by atoms with Crippen LogP contribution in [0.3, 0.4) is 0 Å². The number of rotatable bonds is 4. The second-order valence-corrected chi connectivity index (χ2v) is 7.73. The molecule has 4 fully saturated rings. The minimum atomic E-state index is -0.593. The highest BCUT2D eigenvalue weighted by molar-refractivity contribution is 5.67. The zero-order chi connectivity index (χ0) is 12.9. The molecule has 0 aromatic carbocycles. The van der Waals surface area contributed by atoms with Crippen LogP contribution in [0.15, 0.2) is 0 Å². The SMILES string of the molecule is CC(C)C(CC(=O)O)C12CC3CC(CC(C3)C1)C2. The lowest BCUT2D eigenvalue weighted by molar-refractivity contribution is -0.146. The Kier molecular flexibility index (Phi) is 2.95. The van der Waals surface area contributed by atoms with E-state index in [4.69, 9.17) is 0 Å². The number of hydrogen-bond acceptors (Lipinski definition) is 1. The van der Waals surface area contributed by atoms with Gasteiger partial charge in [-0.2, -0.15) is 0 Å². The molecule has 0 heterocycles. The van der Waals surface area contributed by atoms with Crippen molar-refractivity contribution in [3.63, 3.8) is 0 Å². The molecule has 4 rings (SSSR count). The van der Waals surface area contributed by atoms with Gasteiger partial charge in [-0.3, -0.25) is 4.79 Å². The predicted molar refractivity (Wildman–Crippen MR) is 71.2 cm³/mol. The highest BCUT2D eigenvalue weighted by atomic mass is 16.4. The lowest BCUT2D eigenvalue weighted by atomic mass is 9.45. The van der Waals surface area contributed by atoms with E-state index >= 15 is 0 Å². The summed E-state index contributed by atoms with van der Waals surface area (Å²) in [7, 11) is 0. The monoisotopic (exact) mass is 250 g/mol. The first-order valence-electron chi connectivity index (χ1n) is 7.70. The Labute approximate surface area is 110 Å². The third-order valence-electron chi connectivity index (χ3n) is 6.07. The standard InChI is InChI=1S/C16H26O2/c1-10(2)14(6-15(17)18)16-7-11-3-12(8-16)5-13(4-11)9-16/h10-14H,3-9H2,1-2H3,(H,17,18). The van der Waals surface area contributed by atoms with Gasteiger partial charge in [-0.05, 0) is 73.5 Å². The van der Waals surface area contributed by atoms with Crippen molar-refractivity contribution < 1.29 is 9.90 Å². The fourth-order valence-electron chi connectivity index (χ4n) is 5.98. The Morgan fingerprint density at radius 3 is 1.89 bits per heavy atom. The molecule has 1 atom stereocenters. The molecule has 4 aliphatic carbocycles. The van der Waals surface area contributed by atoms with Crippen molar-refractivity contribution >= 4 is 5.97 Å². The Morgan fingerprint density at radius 1 is 1.11 bits per heavy atom. The van der Waals surface area contributed by atoms with E-state index in [1.807, 2.05) is 0 Å². The summed E-state index contributed by atoms with van der Waals surface area (Å²) in [4.78, 5) is 11.2. The van der Waals surface area contributed by atoms with Crippen LogP contribution in [0.2, 0.25) is 0 Å². The topological polar surface area (TPSA) is 37.3 Å². The molecule has 4 saturated carbocycles. The van der Waals surface area contributed by atoms with Crippen LogP contribution in [-0.4, -0.2) is 11.1 Å².